The van der Waals surface area contributed by atoms with Gasteiger partial charge in [-0.3, -0.25) is 9.78 Å². The quantitative estimate of drug-likeness (QED) is 0.738. The first-order chi connectivity index (χ1) is 12.9. The summed E-state index contributed by atoms with van der Waals surface area (Å²) in [5, 5.41) is 0. The molecule has 0 bridgehead atoms. The van der Waals surface area contributed by atoms with Crippen LogP contribution in [0.4, 0.5) is 13.2 Å². The van der Waals surface area contributed by atoms with Gasteiger partial charge in [0, 0.05) is 30.9 Å². The van der Waals surface area contributed by atoms with Crippen molar-refractivity contribution in [3.63, 3.8) is 0 Å². The predicted molar refractivity (Wildman–Crippen MR) is 93.2 cm³/mol. The summed E-state index contributed by atoms with van der Waals surface area (Å²) in [4.78, 5) is 25.4. The molecule has 140 valence electrons. The summed E-state index contributed by atoms with van der Waals surface area (Å²) in [6.45, 7) is 0.940. The number of aromatic amines is 1. The SMILES string of the molecule is O=C(c1cccc(C(F)(F)F)n1)N1CCCC(c2cc3ncccc3[nH]2)C1. The molecule has 0 spiro atoms. The van der Waals surface area contributed by atoms with E-state index in [1.807, 2.05) is 18.2 Å². The Kier molecular flexibility index (Phi) is 4.33. The second-order valence-electron chi connectivity index (χ2n) is 6.66. The van der Waals surface area contributed by atoms with Gasteiger partial charge in [0.2, 0.25) is 0 Å². The van der Waals surface area contributed by atoms with Crippen LogP contribution in [0.1, 0.15) is 40.6 Å². The molecule has 0 radical (unpaired) electrons. The van der Waals surface area contributed by atoms with E-state index in [4.69, 9.17) is 0 Å². The van der Waals surface area contributed by atoms with E-state index in [1.165, 1.54) is 12.1 Å². The Hall–Kier alpha value is -2.90. The molecule has 1 aliphatic rings. The van der Waals surface area contributed by atoms with Gasteiger partial charge in [0.25, 0.3) is 5.91 Å². The van der Waals surface area contributed by atoms with E-state index in [2.05, 4.69) is 15.0 Å². The van der Waals surface area contributed by atoms with E-state index < -0.39 is 17.8 Å². The lowest BCUT2D eigenvalue weighted by Crippen LogP contribution is -2.39. The molecule has 1 N–H and O–H groups in total. The van der Waals surface area contributed by atoms with Gasteiger partial charge >= 0.3 is 6.18 Å². The fourth-order valence-corrected chi connectivity index (χ4v) is 3.49. The van der Waals surface area contributed by atoms with Gasteiger partial charge in [-0.2, -0.15) is 13.2 Å². The first kappa shape index (κ1) is 17.5. The lowest BCUT2D eigenvalue weighted by Gasteiger charge is -2.32. The second kappa shape index (κ2) is 6.68. The second-order valence-corrected chi connectivity index (χ2v) is 6.66. The third-order valence-corrected chi connectivity index (χ3v) is 4.82. The number of fused-ring (bicyclic) bond motifs is 1. The van der Waals surface area contributed by atoms with E-state index in [-0.39, 0.29) is 11.6 Å². The highest BCUT2D eigenvalue weighted by Crippen LogP contribution is 2.30. The lowest BCUT2D eigenvalue weighted by atomic mass is 9.94. The number of hydrogen-bond acceptors (Lipinski definition) is 3. The molecule has 27 heavy (non-hydrogen) atoms. The zero-order chi connectivity index (χ0) is 19.0. The molecule has 1 amide bonds. The number of hydrogen-bond donors (Lipinski definition) is 1. The number of carbonyl (C=O) groups is 1. The minimum Gasteiger partial charge on any atom is -0.357 e. The number of nitrogens with zero attached hydrogens (tertiary/aromatic N) is 3. The van der Waals surface area contributed by atoms with Crippen LogP contribution < -0.4 is 0 Å². The maximum Gasteiger partial charge on any atom is 0.433 e. The van der Waals surface area contributed by atoms with Crippen LogP contribution in [0, 0.1) is 0 Å². The molecule has 0 aromatic carbocycles. The first-order valence-electron chi connectivity index (χ1n) is 8.69. The number of nitrogens with one attached hydrogen (secondary N) is 1. The Bertz CT molecular complexity index is 949. The van der Waals surface area contributed by atoms with Crippen molar-refractivity contribution in [3.05, 3.63) is 59.7 Å². The third-order valence-electron chi connectivity index (χ3n) is 4.82. The van der Waals surface area contributed by atoms with E-state index in [0.717, 1.165) is 35.6 Å². The fraction of sp³-hybridized carbons (Fsp3) is 0.316. The summed E-state index contributed by atoms with van der Waals surface area (Å²) in [5.41, 5.74) is 1.54. The van der Waals surface area contributed by atoms with Gasteiger partial charge in [-0.1, -0.05) is 6.07 Å². The molecule has 0 aliphatic carbocycles. The molecule has 3 aromatic rings. The summed E-state index contributed by atoms with van der Waals surface area (Å²) < 4.78 is 38.6. The smallest absolute Gasteiger partial charge is 0.357 e. The first-order valence-corrected chi connectivity index (χ1v) is 8.69. The van der Waals surface area contributed by atoms with E-state index >= 15 is 0 Å². The monoisotopic (exact) mass is 374 g/mol. The molecule has 3 aromatic heterocycles. The van der Waals surface area contributed by atoms with Gasteiger partial charge < -0.3 is 9.88 Å². The molecule has 4 heterocycles. The highest BCUT2D eigenvalue weighted by atomic mass is 19.4. The van der Waals surface area contributed by atoms with Crippen molar-refractivity contribution < 1.29 is 18.0 Å². The van der Waals surface area contributed by atoms with Gasteiger partial charge in [-0.05, 0) is 43.2 Å². The number of likely N-dealkylation sites (tertiary alicyclic amines) is 1. The number of carbonyl (C=O) groups excluding carboxylic acids is 1. The van der Waals surface area contributed by atoms with Crippen molar-refractivity contribution in [1.29, 1.82) is 0 Å². The Labute approximate surface area is 153 Å². The van der Waals surface area contributed by atoms with Crippen molar-refractivity contribution in [2.45, 2.75) is 24.9 Å². The predicted octanol–water partition coefficient (Wildman–Crippen LogP) is 4.00. The largest absolute Gasteiger partial charge is 0.433 e. The van der Waals surface area contributed by atoms with E-state index in [0.29, 0.717) is 13.1 Å². The summed E-state index contributed by atoms with van der Waals surface area (Å²) >= 11 is 0. The van der Waals surface area contributed by atoms with Gasteiger partial charge in [0.1, 0.15) is 11.4 Å². The standard InChI is InChI=1S/C19H17F3N4O/c20-19(21,22)17-7-1-5-14(25-17)18(27)26-9-3-4-12(11-26)15-10-16-13(24-15)6-2-8-23-16/h1-2,5-8,10,12,24H,3-4,9,11H2. The maximum absolute atomic E-state index is 12.9. The van der Waals surface area contributed by atoms with Crippen LogP contribution in [-0.2, 0) is 6.18 Å². The number of alkyl halides is 3. The van der Waals surface area contributed by atoms with E-state index in [1.54, 1.807) is 11.1 Å². The Morgan fingerprint density at radius 1 is 1.22 bits per heavy atom. The van der Waals surface area contributed by atoms with Crippen molar-refractivity contribution in [3.8, 4) is 0 Å². The average molecular weight is 374 g/mol. The minimum atomic E-state index is -4.57. The molecule has 1 aliphatic heterocycles. The number of aromatic nitrogens is 3. The number of pyridine rings is 2. The van der Waals surface area contributed by atoms with Gasteiger partial charge in [0.05, 0.1) is 11.0 Å². The normalized spacial score (nSPS) is 18.0. The molecule has 1 saturated heterocycles. The summed E-state index contributed by atoms with van der Waals surface area (Å²) in [5.74, 6) is -0.386. The van der Waals surface area contributed by atoms with E-state index in [9.17, 15) is 18.0 Å². The van der Waals surface area contributed by atoms with Crippen LogP contribution in [0.3, 0.4) is 0 Å². The zero-order valence-corrected chi connectivity index (χ0v) is 14.3. The fourth-order valence-electron chi connectivity index (χ4n) is 3.49. The Balaban J connectivity index is 1.55. The summed E-state index contributed by atoms with van der Waals surface area (Å²) in [6, 6.07) is 9.16. The molecule has 5 nitrogen and oxygen atoms in total. The van der Waals surface area contributed by atoms with Crippen LogP contribution in [0.2, 0.25) is 0 Å². The molecule has 1 fully saturated rings. The molecule has 1 unspecified atom stereocenters. The molecule has 0 saturated carbocycles. The van der Waals surface area contributed by atoms with Crippen LogP contribution in [0.5, 0.6) is 0 Å². The molecular formula is C19H17F3N4O. The number of piperidine rings is 1. The van der Waals surface area contributed by atoms with Crippen LogP contribution in [0.15, 0.2) is 42.6 Å². The maximum atomic E-state index is 12.9. The van der Waals surface area contributed by atoms with Crippen molar-refractivity contribution >= 4 is 16.9 Å². The van der Waals surface area contributed by atoms with Crippen molar-refractivity contribution in [2.24, 2.45) is 0 Å². The number of H-pyrrole nitrogens is 1. The number of rotatable bonds is 2. The third kappa shape index (κ3) is 3.51. The zero-order valence-electron chi connectivity index (χ0n) is 14.3. The van der Waals surface area contributed by atoms with Crippen LogP contribution in [0.25, 0.3) is 11.0 Å². The molecule has 8 heteroatoms. The van der Waals surface area contributed by atoms with Gasteiger partial charge in [-0.15, -0.1) is 0 Å². The molecule has 4 rings (SSSR count). The number of halogens is 3. The summed E-state index contributed by atoms with van der Waals surface area (Å²) in [6.07, 6.45) is -1.18. The van der Waals surface area contributed by atoms with Crippen LogP contribution in [-0.4, -0.2) is 38.8 Å². The van der Waals surface area contributed by atoms with Crippen molar-refractivity contribution in [2.75, 3.05) is 13.1 Å². The Morgan fingerprint density at radius 3 is 2.85 bits per heavy atom. The highest BCUT2D eigenvalue weighted by molar-refractivity contribution is 5.92. The molecular weight excluding hydrogens is 357 g/mol. The topological polar surface area (TPSA) is 61.9 Å². The lowest BCUT2D eigenvalue weighted by molar-refractivity contribution is -0.141. The number of amides is 1. The highest BCUT2D eigenvalue weighted by Gasteiger charge is 2.34. The molecule has 1 atom stereocenters. The average Bonchev–Trinajstić information content (AvgIpc) is 3.11. The van der Waals surface area contributed by atoms with Gasteiger partial charge in [0.15, 0.2) is 0 Å². The van der Waals surface area contributed by atoms with Crippen LogP contribution >= 0.6 is 0 Å². The summed E-state index contributed by atoms with van der Waals surface area (Å²) in [7, 11) is 0. The Morgan fingerprint density at radius 2 is 2.07 bits per heavy atom. The van der Waals surface area contributed by atoms with Gasteiger partial charge in [-0.25, -0.2) is 4.98 Å². The minimum absolute atomic E-state index is 0.0858. The van der Waals surface area contributed by atoms with Crippen molar-refractivity contribution in [1.82, 2.24) is 19.9 Å².